The van der Waals surface area contributed by atoms with Crippen LogP contribution in [-0.2, 0) is 0 Å². The Bertz CT molecular complexity index is 303. The molecule has 10 heavy (non-hydrogen) atoms. The van der Waals surface area contributed by atoms with Crippen LogP contribution in [0.5, 0.6) is 0 Å². The van der Waals surface area contributed by atoms with E-state index in [4.69, 9.17) is 0 Å². The van der Waals surface area contributed by atoms with Crippen LogP contribution in [0.1, 0.15) is 11.3 Å². The standard InChI is InChI=1S/C7H8BrNO/c1-4-5(2)9-3-6(8)7(4)10/h3H,1-2H3,(H,9,10). The van der Waals surface area contributed by atoms with Gasteiger partial charge in [-0.2, -0.15) is 0 Å². The molecule has 0 aliphatic carbocycles. The van der Waals surface area contributed by atoms with Crippen LogP contribution in [0.3, 0.4) is 0 Å². The molecule has 0 unspecified atom stereocenters. The molecule has 1 heterocycles. The van der Waals surface area contributed by atoms with E-state index in [0.717, 1.165) is 11.3 Å². The number of rotatable bonds is 0. The third kappa shape index (κ3) is 1.14. The Morgan fingerprint density at radius 1 is 1.50 bits per heavy atom. The fourth-order valence-electron chi connectivity index (χ4n) is 0.695. The highest BCUT2D eigenvalue weighted by Crippen LogP contribution is 2.03. The Labute approximate surface area is 67.4 Å². The number of aryl methyl sites for hydroxylation is 1. The Morgan fingerprint density at radius 3 is 2.60 bits per heavy atom. The van der Waals surface area contributed by atoms with Crippen molar-refractivity contribution in [3.05, 3.63) is 32.2 Å². The first-order valence-corrected chi connectivity index (χ1v) is 3.76. The van der Waals surface area contributed by atoms with E-state index in [2.05, 4.69) is 20.9 Å². The van der Waals surface area contributed by atoms with Crippen LogP contribution in [-0.4, -0.2) is 4.98 Å². The van der Waals surface area contributed by atoms with Gasteiger partial charge in [0.2, 0.25) is 0 Å². The summed E-state index contributed by atoms with van der Waals surface area (Å²) in [5.74, 6) is 0. The molecule has 0 aromatic carbocycles. The van der Waals surface area contributed by atoms with E-state index in [1.807, 2.05) is 6.92 Å². The van der Waals surface area contributed by atoms with Gasteiger partial charge in [0.05, 0.1) is 4.47 Å². The molecule has 1 N–H and O–H groups in total. The Balaban J connectivity index is 3.50. The van der Waals surface area contributed by atoms with E-state index >= 15 is 0 Å². The molecule has 0 fully saturated rings. The SMILES string of the molecule is Cc1[nH]cc(Br)c(=O)c1C. The summed E-state index contributed by atoms with van der Waals surface area (Å²) in [6.07, 6.45) is 1.66. The Hall–Kier alpha value is -0.570. The topological polar surface area (TPSA) is 32.9 Å². The molecule has 0 aliphatic rings. The maximum Gasteiger partial charge on any atom is 0.198 e. The quantitative estimate of drug-likeness (QED) is 0.682. The number of hydrogen-bond donors (Lipinski definition) is 1. The van der Waals surface area contributed by atoms with Gasteiger partial charge >= 0.3 is 0 Å². The molecule has 0 spiro atoms. The number of pyridine rings is 1. The molecule has 0 aliphatic heterocycles. The summed E-state index contributed by atoms with van der Waals surface area (Å²) in [4.78, 5) is 14.1. The molecule has 1 rings (SSSR count). The number of H-pyrrole nitrogens is 1. The fraction of sp³-hybridized carbons (Fsp3) is 0.286. The van der Waals surface area contributed by atoms with Crippen molar-refractivity contribution in [2.75, 3.05) is 0 Å². The predicted octanol–water partition coefficient (Wildman–Crippen LogP) is 1.75. The average Bonchev–Trinajstić information content (AvgIpc) is 1.93. The molecular weight excluding hydrogens is 194 g/mol. The van der Waals surface area contributed by atoms with Crippen LogP contribution in [0.15, 0.2) is 15.5 Å². The molecule has 1 aromatic rings. The van der Waals surface area contributed by atoms with E-state index in [-0.39, 0.29) is 5.43 Å². The lowest BCUT2D eigenvalue weighted by Gasteiger charge is -1.97. The van der Waals surface area contributed by atoms with E-state index in [0.29, 0.717) is 4.47 Å². The van der Waals surface area contributed by atoms with Gasteiger partial charge in [0, 0.05) is 17.5 Å². The van der Waals surface area contributed by atoms with Crippen molar-refractivity contribution in [2.24, 2.45) is 0 Å². The monoisotopic (exact) mass is 201 g/mol. The Morgan fingerprint density at radius 2 is 2.10 bits per heavy atom. The fourth-order valence-corrected chi connectivity index (χ4v) is 1.11. The molecule has 3 heteroatoms. The number of aromatic nitrogens is 1. The second-order valence-corrected chi connectivity index (χ2v) is 3.07. The number of halogens is 1. The number of aromatic amines is 1. The summed E-state index contributed by atoms with van der Waals surface area (Å²) in [7, 11) is 0. The first-order valence-electron chi connectivity index (χ1n) is 2.97. The van der Waals surface area contributed by atoms with Crippen LogP contribution in [0.4, 0.5) is 0 Å². The van der Waals surface area contributed by atoms with E-state index in [9.17, 15) is 4.79 Å². The zero-order valence-electron chi connectivity index (χ0n) is 5.86. The highest BCUT2D eigenvalue weighted by Gasteiger charge is 1.99. The molecule has 0 bridgehead atoms. The van der Waals surface area contributed by atoms with Crippen molar-refractivity contribution in [2.45, 2.75) is 13.8 Å². The summed E-state index contributed by atoms with van der Waals surface area (Å²) in [5.41, 5.74) is 1.76. The van der Waals surface area contributed by atoms with Crippen molar-refractivity contribution in [3.63, 3.8) is 0 Å². The minimum absolute atomic E-state index is 0.0660. The van der Waals surface area contributed by atoms with Gasteiger partial charge in [-0.25, -0.2) is 0 Å². The normalized spacial score (nSPS) is 9.90. The van der Waals surface area contributed by atoms with Crippen LogP contribution in [0, 0.1) is 13.8 Å². The van der Waals surface area contributed by atoms with Crippen molar-refractivity contribution < 1.29 is 0 Å². The lowest BCUT2D eigenvalue weighted by molar-refractivity contribution is 1.12. The minimum atomic E-state index is 0.0660. The molecule has 54 valence electrons. The third-order valence-electron chi connectivity index (χ3n) is 1.54. The summed E-state index contributed by atoms with van der Waals surface area (Å²) in [6, 6.07) is 0. The minimum Gasteiger partial charge on any atom is -0.364 e. The first kappa shape index (κ1) is 7.54. The van der Waals surface area contributed by atoms with E-state index < -0.39 is 0 Å². The zero-order chi connectivity index (χ0) is 7.72. The van der Waals surface area contributed by atoms with Crippen LogP contribution in [0.25, 0.3) is 0 Å². The van der Waals surface area contributed by atoms with Crippen molar-refractivity contribution in [3.8, 4) is 0 Å². The molecule has 0 atom stereocenters. The smallest absolute Gasteiger partial charge is 0.198 e. The molecule has 1 aromatic heterocycles. The van der Waals surface area contributed by atoms with Gasteiger partial charge in [-0.1, -0.05) is 0 Å². The van der Waals surface area contributed by atoms with Gasteiger partial charge in [0.25, 0.3) is 0 Å². The lowest BCUT2D eigenvalue weighted by Crippen LogP contribution is -2.08. The number of nitrogens with one attached hydrogen (secondary N) is 1. The molecule has 0 saturated heterocycles. The highest BCUT2D eigenvalue weighted by atomic mass is 79.9. The van der Waals surface area contributed by atoms with Crippen molar-refractivity contribution >= 4 is 15.9 Å². The summed E-state index contributed by atoms with van der Waals surface area (Å²) in [6.45, 7) is 3.68. The van der Waals surface area contributed by atoms with E-state index in [1.54, 1.807) is 13.1 Å². The van der Waals surface area contributed by atoms with E-state index in [1.165, 1.54) is 0 Å². The lowest BCUT2D eigenvalue weighted by atomic mass is 10.2. The Kier molecular flexibility index (Phi) is 1.94. The van der Waals surface area contributed by atoms with Gasteiger partial charge in [-0.3, -0.25) is 4.79 Å². The highest BCUT2D eigenvalue weighted by molar-refractivity contribution is 9.10. The summed E-state index contributed by atoms with van der Waals surface area (Å²) in [5, 5.41) is 0. The molecule has 0 saturated carbocycles. The molecule has 0 amide bonds. The largest absolute Gasteiger partial charge is 0.364 e. The van der Waals surface area contributed by atoms with Gasteiger partial charge in [-0.15, -0.1) is 0 Å². The van der Waals surface area contributed by atoms with Gasteiger partial charge in [-0.05, 0) is 29.8 Å². The maximum absolute atomic E-state index is 11.1. The summed E-state index contributed by atoms with van der Waals surface area (Å²) >= 11 is 3.14. The van der Waals surface area contributed by atoms with Crippen LogP contribution >= 0.6 is 15.9 Å². The zero-order valence-corrected chi connectivity index (χ0v) is 7.45. The van der Waals surface area contributed by atoms with Gasteiger partial charge in [0.15, 0.2) is 5.43 Å². The first-order chi connectivity index (χ1) is 4.63. The van der Waals surface area contributed by atoms with Gasteiger partial charge < -0.3 is 4.98 Å². The molecule has 2 nitrogen and oxygen atoms in total. The van der Waals surface area contributed by atoms with Crippen LogP contribution in [0.2, 0.25) is 0 Å². The second kappa shape index (κ2) is 2.58. The molecule has 0 radical (unpaired) electrons. The van der Waals surface area contributed by atoms with Gasteiger partial charge in [0.1, 0.15) is 0 Å². The average molecular weight is 202 g/mol. The van der Waals surface area contributed by atoms with Crippen molar-refractivity contribution in [1.29, 1.82) is 0 Å². The van der Waals surface area contributed by atoms with Crippen molar-refractivity contribution in [1.82, 2.24) is 4.98 Å². The maximum atomic E-state index is 11.1. The molecular formula is C7H8BrNO. The van der Waals surface area contributed by atoms with Crippen LogP contribution < -0.4 is 5.43 Å². The third-order valence-corrected chi connectivity index (χ3v) is 2.12. The number of hydrogen-bond acceptors (Lipinski definition) is 1. The summed E-state index contributed by atoms with van der Waals surface area (Å²) < 4.78 is 0.593. The predicted molar refractivity (Wildman–Crippen MR) is 44.2 cm³/mol. The second-order valence-electron chi connectivity index (χ2n) is 2.22.